The highest BCUT2D eigenvalue weighted by Gasteiger charge is 2.33. The molecule has 0 saturated heterocycles. The van der Waals surface area contributed by atoms with Crippen LogP contribution in [0.1, 0.15) is 55.7 Å². The van der Waals surface area contributed by atoms with Gasteiger partial charge in [-0.2, -0.15) is 0 Å². The lowest BCUT2D eigenvalue weighted by atomic mass is 9.73. The number of carbonyl (C=O) groups is 1. The zero-order valence-electron chi connectivity index (χ0n) is 17.7. The molecule has 4 rings (SSSR count). The molecule has 0 radical (unpaired) electrons. The maximum atomic E-state index is 11.2. The van der Waals surface area contributed by atoms with Crippen LogP contribution in [0.2, 0.25) is 0 Å². The summed E-state index contributed by atoms with van der Waals surface area (Å²) in [6.45, 7) is 6.22. The van der Waals surface area contributed by atoms with Crippen LogP contribution >= 0.6 is 0 Å². The third-order valence-corrected chi connectivity index (χ3v) is 5.74. The second kappa shape index (κ2) is 8.74. The summed E-state index contributed by atoms with van der Waals surface area (Å²) >= 11 is 0. The topological polar surface area (TPSA) is 64.4 Å². The molecule has 5 nitrogen and oxygen atoms in total. The lowest BCUT2D eigenvalue weighted by Gasteiger charge is -2.33. The van der Waals surface area contributed by atoms with Crippen LogP contribution in [0.5, 0.6) is 5.75 Å². The number of aryl methyl sites for hydroxylation is 1. The van der Waals surface area contributed by atoms with Crippen molar-refractivity contribution in [2.45, 2.75) is 45.6 Å². The molecular formula is C25H28N2O3. The van der Waals surface area contributed by atoms with Crippen LogP contribution in [-0.4, -0.2) is 17.7 Å². The number of hydrogen-bond donors (Lipinski definition) is 1. The summed E-state index contributed by atoms with van der Waals surface area (Å²) < 4.78 is 11.4. The summed E-state index contributed by atoms with van der Waals surface area (Å²) in [4.78, 5) is 11.2. The lowest BCUT2D eigenvalue weighted by molar-refractivity contribution is -0.119. The fourth-order valence-corrected chi connectivity index (χ4v) is 3.97. The molecule has 0 aliphatic heterocycles. The second-order valence-corrected chi connectivity index (χ2v) is 8.32. The van der Waals surface area contributed by atoms with Gasteiger partial charge >= 0.3 is 0 Å². The van der Waals surface area contributed by atoms with Crippen molar-refractivity contribution >= 4 is 5.91 Å². The van der Waals surface area contributed by atoms with Crippen molar-refractivity contribution in [1.29, 1.82) is 0 Å². The monoisotopic (exact) mass is 404 g/mol. The first-order valence-electron chi connectivity index (χ1n) is 10.5. The average molecular weight is 405 g/mol. The van der Waals surface area contributed by atoms with E-state index in [0.717, 1.165) is 24.3 Å². The molecule has 1 N–H and O–H groups in total. The molecule has 3 aromatic rings. The summed E-state index contributed by atoms with van der Waals surface area (Å²) in [6, 6.07) is 18.6. The number of amides is 1. The van der Waals surface area contributed by atoms with Gasteiger partial charge in [0.2, 0.25) is 5.91 Å². The van der Waals surface area contributed by atoms with Gasteiger partial charge in [0.1, 0.15) is 5.75 Å². The summed E-state index contributed by atoms with van der Waals surface area (Å²) in [7, 11) is 0. The van der Waals surface area contributed by atoms with Gasteiger partial charge in [-0.25, -0.2) is 0 Å². The first-order chi connectivity index (χ1) is 14.5. The average Bonchev–Trinajstić information content (AvgIpc) is 3.17. The van der Waals surface area contributed by atoms with Crippen molar-refractivity contribution in [3.8, 4) is 16.9 Å². The van der Waals surface area contributed by atoms with Gasteiger partial charge in [-0.3, -0.25) is 4.79 Å². The van der Waals surface area contributed by atoms with Crippen LogP contribution < -0.4 is 10.1 Å². The van der Waals surface area contributed by atoms with E-state index in [2.05, 4.69) is 53.8 Å². The minimum Gasteiger partial charge on any atom is -0.493 e. The van der Waals surface area contributed by atoms with Crippen molar-refractivity contribution < 1.29 is 14.1 Å². The molecule has 2 aromatic carbocycles. The molecule has 1 aromatic heterocycles. The van der Waals surface area contributed by atoms with Crippen LogP contribution in [0.4, 0.5) is 0 Å². The van der Waals surface area contributed by atoms with Gasteiger partial charge in [-0.15, -0.1) is 0 Å². The van der Waals surface area contributed by atoms with Crippen LogP contribution in [0.25, 0.3) is 11.1 Å². The quantitative estimate of drug-likeness (QED) is 0.571. The van der Waals surface area contributed by atoms with Gasteiger partial charge in [-0.1, -0.05) is 47.1 Å². The molecule has 1 saturated carbocycles. The number of nitrogens with zero attached hydrogens (tertiary/aromatic N) is 1. The molecule has 0 unspecified atom stereocenters. The zero-order valence-corrected chi connectivity index (χ0v) is 17.7. The minimum absolute atomic E-state index is 0.0757. The van der Waals surface area contributed by atoms with Crippen molar-refractivity contribution in [3.63, 3.8) is 0 Å². The number of ether oxygens (including phenoxy) is 1. The smallest absolute Gasteiger partial charge is 0.217 e. The van der Waals surface area contributed by atoms with Gasteiger partial charge < -0.3 is 14.6 Å². The van der Waals surface area contributed by atoms with Crippen molar-refractivity contribution in [2.24, 2.45) is 5.92 Å². The van der Waals surface area contributed by atoms with Gasteiger partial charge in [0.15, 0.2) is 5.76 Å². The van der Waals surface area contributed by atoms with Gasteiger partial charge in [0, 0.05) is 18.9 Å². The Morgan fingerprint density at radius 1 is 1.17 bits per heavy atom. The SMILES string of the molecule is CC(=O)N[C@@H](C)c1cc(C2CC(COc3ccc(-c4cccc(C)c4)cc3)C2)no1. The van der Waals surface area contributed by atoms with Crippen molar-refractivity contribution in [1.82, 2.24) is 10.5 Å². The van der Waals surface area contributed by atoms with Crippen LogP contribution in [-0.2, 0) is 4.79 Å². The molecule has 156 valence electrons. The molecule has 5 heteroatoms. The summed E-state index contributed by atoms with van der Waals surface area (Å²) in [6.07, 6.45) is 2.09. The zero-order chi connectivity index (χ0) is 21.1. The summed E-state index contributed by atoms with van der Waals surface area (Å²) in [5.41, 5.74) is 4.66. The number of hydrogen-bond acceptors (Lipinski definition) is 4. The highest BCUT2D eigenvalue weighted by atomic mass is 16.5. The number of benzene rings is 2. The van der Waals surface area contributed by atoms with E-state index in [9.17, 15) is 4.79 Å². The van der Waals surface area contributed by atoms with Crippen molar-refractivity contribution in [2.75, 3.05) is 6.61 Å². The van der Waals surface area contributed by atoms with Gasteiger partial charge in [0.05, 0.1) is 18.3 Å². The van der Waals surface area contributed by atoms with E-state index in [1.54, 1.807) is 0 Å². The predicted octanol–water partition coefficient (Wildman–Crippen LogP) is 5.42. The Labute approximate surface area is 177 Å². The molecular weight excluding hydrogens is 376 g/mol. The van der Waals surface area contributed by atoms with Crippen LogP contribution in [0.3, 0.4) is 0 Å². The highest BCUT2D eigenvalue weighted by Crippen LogP contribution is 2.41. The minimum atomic E-state index is -0.161. The molecule has 1 atom stereocenters. The van der Waals surface area contributed by atoms with Gasteiger partial charge in [-0.05, 0) is 55.9 Å². The van der Waals surface area contributed by atoms with E-state index in [4.69, 9.17) is 9.26 Å². The molecule has 0 spiro atoms. The van der Waals surface area contributed by atoms with Crippen LogP contribution in [0.15, 0.2) is 59.1 Å². The van der Waals surface area contributed by atoms with Crippen molar-refractivity contribution in [3.05, 3.63) is 71.6 Å². The third kappa shape index (κ3) is 4.73. The van der Waals surface area contributed by atoms with Crippen LogP contribution in [0, 0.1) is 12.8 Å². The number of nitrogens with one attached hydrogen (secondary N) is 1. The molecule has 1 fully saturated rings. The Hall–Kier alpha value is -3.08. The Kier molecular flexibility index (Phi) is 5.88. The predicted molar refractivity (Wildman–Crippen MR) is 116 cm³/mol. The second-order valence-electron chi connectivity index (χ2n) is 8.32. The maximum Gasteiger partial charge on any atom is 0.217 e. The number of carbonyl (C=O) groups excluding carboxylic acids is 1. The Bertz CT molecular complexity index is 1000. The molecule has 1 heterocycles. The van der Waals surface area contributed by atoms with E-state index < -0.39 is 0 Å². The van der Waals surface area contributed by atoms with E-state index in [-0.39, 0.29) is 11.9 Å². The molecule has 30 heavy (non-hydrogen) atoms. The molecule has 0 bridgehead atoms. The lowest BCUT2D eigenvalue weighted by Crippen LogP contribution is -2.27. The fourth-order valence-electron chi connectivity index (χ4n) is 3.97. The Balaban J connectivity index is 1.25. The normalized spacial score (nSPS) is 19.0. The standard InChI is InChI=1S/C25H28N2O3/c1-16-5-4-6-21(11-16)20-7-9-23(10-8-20)29-15-19-12-22(13-19)24-14-25(30-27-24)17(2)26-18(3)28/h4-11,14,17,19,22H,12-13,15H2,1-3H3,(H,26,28)/t17-,19?,22?/m0/s1. The van der Waals surface area contributed by atoms with Gasteiger partial charge in [0.25, 0.3) is 0 Å². The molecule has 1 amide bonds. The fraction of sp³-hybridized carbons (Fsp3) is 0.360. The third-order valence-electron chi connectivity index (χ3n) is 5.74. The summed E-state index contributed by atoms with van der Waals surface area (Å²) in [5, 5.41) is 7.02. The van der Waals surface area contributed by atoms with E-state index >= 15 is 0 Å². The van der Waals surface area contributed by atoms with E-state index in [0.29, 0.717) is 24.2 Å². The first kappa shape index (κ1) is 20.2. The first-order valence-corrected chi connectivity index (χ1v) is 10.5. The Morgan fingerprint density at radius 3 is 2.63 bits per heavy atom. The maximum absolute atomic E-state index is 11.2. The number of rotatable bonds is 7. The molecule has 1 aliphatic carbocycles. The van der Waals surface area contributed by atoms with E-state index in [1.807, 2.05) is 25.1 Å². The molecule has 1 aliphatic rings. The Morgan fingerprint density at radius 2 is 1.93 bits per heavy atom. The van der Waals surface area contributed by atoms with E-state index in [1.165, 1.54) is 23.6 Å². The number of aromatic nitrogens is 1. The summed E-state index contributed by atoms with van der Waals surface area (Å²) in [5.74, 6) is 2.47. The largest absolute Gasteiger partial charge is 0.493 e. The highest BCUT2D eigenvalue weighted by molar-refractivity contribution is 5.73.